The largest absolute Gasteiger partial charge is 0.497 e. The van der Waals surface area contributed by atoms with Crippen LogP contribution in [0.2, 0.25) is 0 Å². The van der Waals surface area contributed by atoms with E-state index in [-0.39, 0.29) is 17.7 Å². The second kappa shape index (κ2) is 6.46. The highest BCUT2D eigenvalue weighted by Crippen LogP contribution is 2.57. The minimum Gasteiger partial charge on any atom is -0.497 e. The average Bonchev–Trinajstić information content (AvgIpc) is 2.83. The van der Waals surface area contributed by atoms with Crippen molar-refractivity contribution in [2.75, 3.05) is 21.3 Å². The van der Waals surface area contributed by atoms with Crippen molar-refractivity contribution in [2.45, 2.75) is 33.6 Å². The number of ketones is 1. The molecule has 0 N–H and O–H groups in total. The van der Waals surface area contributed by atoms with Crippen LogP contribution in [0.1, 0.15) is 44.0 Å². The van der Waals surface area contributed by atoms with Crippen LogP contribution in [0, 0.1) is 16.7 Å². The zero-order valence-electron chi connectivity index (χ0n) is 15.3. The molecule has 1 aromatic rings. The van der Waals surface area contributed by atoms with Gasteiger partial charge in [0.15, 0.2) is 5.78 Å². The summed E-state index contributed by atoms with van der Waals surface area (Å²) in [4.78, 5) is 25.5. The summed E-state index contributed by atoms with van der Waals surface area (Å²) in [5, 5.41) is 0. The van der Waals surface area contributed by atoms with E-state index in [9.17, 15) is 9.59 Å². The second-order valence-electron chi connectivity index (χ2n) is 7.07. The van der Waals surface area contributed by atoms with Crippen LogP contribution in [-0.2, 0) is 9.53 Å². The molecule has 1 aliphatic carbocycles. The molecule has 0 heterocycles. The molecule has 1 aromatic carbocycles. The monoisotopic (exact) mass is 334 g/mol. The highest BCUT2D eigenvalue weighted by atomic mass is 16.5. The van der Waals surface area contributed by atoms with Gasteiger partial charge in [0, 0.05) is 12.0 Å². The Hall–Kier alpha value is -2.04. The molecule has 0 aromatic heterocycles. The van der Waals surface area contributed by atoms with E-state index in [1.807, 2.05) is 20.8 Å². The summed E-state index contributed by atoms with van der Waals surface area (Å²) < 4.78 is 15.5. The number of rotatable bonds is 5. The third-order valence-electron chi connectivity index (χ3n) is 5.85. The Morgan fingerprint density at radius 2 is 1.75 bits per heavy atom. The summed E-state index contributed by atoms with van der Waals surface area (Å²) >= 11 is 0. The van der Waals surface area contributed by atoms with Crippen LogP contribution in [0.15, 0.2) is 18.2 Å². The van der Waals surface area contributed by atoms with Crippen LogP contribution < -0.4 is 9.47 Å². The maximum absolute atomic E-state index is 13.2. The smallest absolute Gasteiger partial charge is 0.312 e. The van der Waals surface area contributed by atoms with Crippen molar-refractivity contribution in [3.8, 4) is 11.5 Å². The van der Waals surface area contributed by atoms with Crippen LogP contribution in [0.4, 0.5) is 0 Å². The Morgan fingerprint density at radius 1 is 1.08 bits per heavy atom. The van der Waals surface area contributed by atoms with Crippen LogP contribution in [0.25, 0.3) is 0 Å². The van der Waals surface area contributed by atoms with E-state index in [0.29, 0.717) is 29.9 Å². The number of Topliss-reactive ketones (excluding diaryl/α,β-unsaturated/α-hetero) is 1. The SMILES string of the molecule is COC(=O)[C@@]1(C)CC[C@H](C(=O)c2ccc(OC)cc2OC)C1(C)C. The summed E-state index contributed by atoms with van der Waals surface area (Å²) in [5.74, 6) is 0.579. The van der Waals surface area contributed by atoms with Gasteiger partial charge in [0.05, 0.1) is 32.3 Å². The van der Waals surface area contributed by atoms with Gasteiger partial charge in [-0.2, -0.15) is 0 Å². The molecule has 2 rings (SSSR count). The molecule has 5 heteroatoms. The molecule has 2 atom stereocenters. The van der Waals surface area contributed by atoms with Crippen molar-refractivity contribution in [3.05, 3.63) is 23.8 Å². The molecule has 0 bridgehead atoms. The van der Waals surface area contributed by atoms with E-state index in [2.05, 4.69) is 0 Å². The molecular formula is C19H26O5. The van der Waals surface area contributed by atoms with Crippen molar-refractivity contribution in [2.24, 2.45) is 16.7 Å². The number of carbonyl (C=O) groups is 2. The summed E-state index contributed by atoms with van der Waals surface area (Å²) in [6.07, 6.45) is 1.27. The van der Waals surface area contributed by atoms with Crippen LogP contribution >= 0.6 is 0 Å². The number of methoxy groups -OCH3 is 3. The molecule has 5 nitrogen and oxygen atoms in total. The highest BCUT2D eigenvalue weighted by molar-refractivity contribution is 6.01. The zero-order chi connectivity index (χ0) is 18.1. The quantitative estimate of drug-likeness (QED) is 0.609. The van der Waals surface area contributed by atoms with Gasteiger partial charge in [-0.3, -0.25) is 9.59 Å². The predicted octanol–water partition coefficient (Wildman–Crippen LogP) is 3.50. The first-order chi connectivity index (χ1) is 11.2. The highest BCUT2D eigenvalue weighted by Gasteiger charge is 2.58. The molecule has 24 heavy (non-hydrogen) atoms. The lowest BCUT2D eigenvalue weighted by Gasteiger charge is -2.38. The Balaban J connectivity index is 2.39. The third kappa shape index (κ3) is 2.66. The minimum absolute atomic E-state index is 0.00729. The van der Waals surface area contributed by atoms with E-state index in [0.717, 1.165) is 0 Å². The summed E-state index contributed by atoms with van der Waals surface area (Å²) in [6, 6.07) is 5.18. The summed E-state index contributed by atoms with van der Waals surface area (Å²) in [5.41, 5.74) is -0.672. The maximum Gasteiger partial charge on any atom is 0.312 e. The number of carbonyl (C=O) groups excluding carboxylic acids is 2. The lowest BCUT2D eigenvalue weighted by molar-refractivity contribution is -0.157. The summed E-state index contributed by atoms with van der Waals surface area (Å²) in [7, 11) is 4.49. The number of esters is 1. The van der Waals surface area contributed by atoms with Crippen LogP contribution in [-0.4, -0.2) is 33.1 Å². The first-order valence-corrected chi connectivity index (χ1v) is 8.07. The predicted molar refractivity (Wildman–Crippen MR) is 90.5 cm³/mol. The fourth-order valence-electron chi connectivity index (χ4n) is 3.74. The van der Waals surface area contributed by atoms with Gasteiger partial charge in [-0.15, -0.1) is 0 Å². The van der Waals surface area contributed by atoms with Crippen molar-refractivity contribution < 1.29 is 23.8 Å². The van der Waals surface area contributed by atoms with Crippen molar-refractivity contribution in [1.82, 2.24) is 0 Å². The Kier molecular flexibility index (Phi) is 4.92. The Labute approximate surface area is 143 Å². The Morgan fingerprint density at radius 3 is 2.29 bits per heavy atom. The molecule has 1 saturated carbocycles. The fraction of sp³-hybridized carbons (Fsp3) is 0.579. The standard InChI is InChI=1S/C19H26O5/c1-18(2)14(9-10-19(18,3)17(21)24-6)16(20)13-8-7-12(22-4)11-15(13)23-5/h7-8,11,14H,9-10H2,1-6H3/t14-,19-/m1/s1. The van der Waals surface area contributed by atoms with Crippen LogP contribution in [0.5, 0.6) is 11.5 Å². The lowest BCUT2D eigenvalue weighted by atomic mass is 9.64. The van der Waals surface area contributed by atoms with E-state index >= 15 is 0 Å². The van der Waals surface area contributed by atoms with Gasteiger partial charge in [-0.25, -0.2) is 0 Å². The Bertz CT molecular complexity index is 649. The maximum atomic E-state index is 13.2. The van der Waals surface area contributed by atoms with Gasteiger partial charge in [0.25, 0.3) is 0 Å². The van der Waals surface area contributed by atoms with Crippen molar-refractivity contribution in [1.29, 1.82) is 0 Å². The molecule has 0 spiro atoms. The average molecular weight is 334 g/mol. The summed E-state index contributed by atoms with van der Waals surface area (Å²) in [6.45, 7) is 5.82. The van der Waals surface area contributed by atoms with Gasteiger partial charge in [0.1, 0.15) is 11.5 Å². The normalized spacial score (nSPS) is 25.2. The molecular weight excluding hydrogens is 308 g/mol. The van der Waals surface area contributed by atoms with Crippen LogP contribution in [0.3, 0.4) is 0 Å². The van der Waals surface area contributed by atoms with E-state index in [1.165, 1.54) is 14.2 Å². The first kappa shape index (κ1) is 18.3. The molecule has 132 valence electrons. The zero-order valence-corrected chi connectivity index (χ0v) is 15.3. The molecule has 0 saturated heterocycles. The van der Waals surface area contributed by atoms with Crippen molar-refractivity contribution in [3.63, 3.8) is 0 Å². The molecule has 0 radical (unpaired) electrons. The fourth-order valence-corrected chi connectivity index (χ4v) is 3.74. The van der Waals surface area contributed by atoms with Gasteiger partial charge in [0.2, 0.25) is 0 Å². The van der Waals surface area contributed by atoms with E-state index < -0.39 is 10.8 Å². The number of hydrogen-bond acceptors (Lipinski definition) is 5. The lowest BCUT2D eigenvalue weighted by Crippen LogP contribution is -2.43. The second-order valence-corrected chi connectivity index (χ2v) is 7.07. The van der Waals surface area contributed by atoms with Gasteiger partial charge >= 0.3 is 5.97 Å². The van der Waals surface area contributed by atoms with Crippen molar-refractivity contribution >= 4 is 11.8 Å². The molecule has 0 amide bonds. The van der Waals surface area contributed by atoms with Gasteiger partial charge < -0.3 is 14.2 Å². The van der Waals surface area contributed by atoms with E-state index in [4.69, 9.17) is 14.2 Å². The molecule has 1 fully saturated rings. The van der Waals surface area contributed by atoms with Gasteiger partial charge in [-0.1, -0.05) is 13.8 Å². The minimum atomic E-state index is -0.679. The molecule has 0 aliphatic heterocycles. The first-order valence-electron chi connectivity index (χ1n) is 8.07. The molecule has 0 unspecified atom stereocenters. The van der Waals surface area contributed by atoms with E-state index in [1.54, 1.807) is 25.3 Å². The van der Waals surface area contributed by atoms with Gasteiger partial charge in [-0.05, 0) is 37.3 Å². The third-order valence-corrected chi connectivity index (χ3v) is 5.85. The number of benzene rings is 1. The number of hydrogen-bond donors (Lipinski definition) is 0. The topological polar surface area (TPSA) is 61.8 Å². The number of ether oxygens (including phenoxy) is 3. The molecule has 1 aliphatic rings.